The number of carbonyl (C=O) groups is 1. The van der Waals surface area contributed by atoms with Crippen molar-refractivity contribution >= 4 is 5.91 Å². The van der Waals surface area contributed by atoms with Crippen LogP contribution in [0.15, 0.2) is 24.5 Å². The fourth-order valence-corrected chi connectivity index (χ4v) is 2.32. The molecule has 1 N–H and O–H groups in total. The van der Waals surface area contributed by atoms with E-state index in [-0.39, 0.29) is 11.9 Å². The molecule has 1 saturated heterocycles. The number of nitrogens with zero attached hydrogens (tertiary/aromatic N) is 2. The standard InChI is InChI=1S/C14H21N3O/c1-2-7-16-13-6-4-9-17(14(13)18)11-12-5-3-8-15-10-12/h3,5,8,10,13,16H,2,4,6-7,9,11H2,1H3. The molecule has 98 valence electrons. The molecule has 1 unspecified atom stereocenters. The van der Waals surface area contributed by atoms with Gasteiger partial charge in [-0.05, 0) is 37.4 Å². The summed E-state index contributed by atoms with van der Waals surface area (Å²) in [7, 11) is 0. The first-order valence-electron chi connectivity index (χ1n) is 6.72. The third-order valence-electron chi connectivity index (χ3n) is 3.27. The Kier molecular flexibility index (Phi) is 4.70. The molecule has 1 aromatic heterocycles. The van der Waals surface area contributed by atoms with E-state index < -0.39 is 0 Å². The quantitative estimate of drug-likeness (QED) is 0.859. The predicted octanol–water partition coefficient (Wildman–Crippen LogP) is 1.57. The van der Waals surface area contributed by atoms with Crippen molar-refractivity contribution in [3.63, 3.8) is 0 Å². The van der Waals surface area contributed by atoms with Gasteiger partial charge in [-0.3, -0.25) is 9.78 Å². The highest BCUT2D eigenvalue weighted by atomic mass is 16.2. The van der Waals surface area contributed by atoms with E-state index in [1.165, 1.54) is 0 Å². The Labute approximate surface area is 108 Å². The molecule has 1 aromatic rings. The van der Waals surface area contributed by atoms with Crippen LogP contribution in [0.5, 0.6) is 0 Å². The Morgan fingerprint density at radius 2 is 2.44 bits per heavy atom. The van der Waals surface area contributed by atoms with Crippen LogP contribution in [0.4, 0.5) is 0 Å². The Morgan fingerprint density at radius 3 is 3.17 bits per heavy atom. The molecular formula is C14H21N3O. The predicted molar refractivity (Wildman–Crippen MR) is 71.0 cm³/mol. The topological polar surface area (TPSA) is 45.2 Å². The number of nitrogens with one attached hydrogen (secondary N) is 1. The first-order valence-corrected chi connectivity index (χ1v) is 6.72. The highest BCUT2D eigenvalue weighted by Gasteiger charge is 2.27. The van der Waals surface area contributed by atoms with Crippen LogP contribution in [0.1, 0.15) is 31.7 Å². The number of aromatic nitrogens is 1. The van der Waals surface area contributed by atoms with Crippen molar-refractivity contribution in [3.8, 4) is 0 Å². The van der Waals surface area contributed by atoms with Crippen LogP contribution in [0.25, 0.3) is 0 Å². The van der Waals surface area contributed by atoms with E-state index in [0.717, 1.165) is 37.9 Å². The third kappa shape index (κ3) is 3.29. The maximum Gasteiger partial charge on any atom is 0.240 e. The van der Waals surface area contributed by atoms with Crippen molar-refractivity contribution < 1.29 is 4.79 Å². The molecular weight excluding hydrogens is 226 g/mol. The second kappa shape index (κ2) is 6.50. The lowest BCUT2D eigenvalue weighted by Crippen LogP contribution is -2.50. The van der Waals surface area contributed by atoms with Gasteiger partial charge in [-0.2, -0.15) is 0 Å². The number of amides is 1. The first kappa shape index (κ1) is 13.0. The smallest absolute Gasteiger partial charge is 0.240 e. The molecule has 0 radical (unpaired) electrons. The Morgan fingerprint density at radius 1 is 1.56 bits per heavy atom. The van der Waals surface area contributed by atoms with E-state index in [1.807, 2.05) is 23.2 Å². The summed E-state index contributed by atoms with van der Waals surface area (Å²) in [6, 6.07) is 3.94. The molecule has 1 atom stereocenters. The number of rotatable bonds is 5. The van der Waals surface area contributed by atoms with Gasteiger partial charge in [0.05, 0.1) is 6.04 Å². The summed E-state index contributed by atoms with van der Waals surface area (Å²) in [6.45, 7) is 4.57. The molecule has 2 rings (SSSR count). The Hall–Kier alpha value is -1.42. The van der Waals surface area contributed by atoms with Crippen LogP contribution in [0.3, 0.4) is 0 Å². The number of carbonyl (C=O) groups excluding carboxylic acids is 1. The third-order valence-corrected chi connectivity index (χ3v) is 3.27. The molecule has 0 spiro atoms. The van der Waals surface area contributed by atoms with Crippen molar-refractivity contribution in [2.45, 2.75) is 38.8 Å². The maximum atomic E-state index is 12.3. The summed E-state index contributed by atoms with van der Waals surface area (Å²) in [5, 5.41) is 3.33. The minimum Gasteiger partial charge on any atom is -0.337 e. The van der Waals surface area contributed by atoms with Gasteiger partial charge in [0, 0.05) is 25.5 Å². The van der Waals surface area contributed by atoms with Crippen LogP contribution < -0.4 is 5.32 Å². The molecule has 2 heterocycles. The summed E-state index contributed by atoms with van der Waals surface area (Å²) in [6.07, 6.45) is 6.69. The summed E-state index contributed by atoms with van der Waals surface area (Å²) >= 11 is 0. The largest absolute Gasteiger partial charge is 0.337 e. The van der Waals surface area contributed by atoms with E-state index in [4.69, 9.17) is 0 Å². The van der Waals surface area contributed by atoms with E-state index in [1.54, 1.807) is 6.20 Å². The monoisotopic (exact) mass is 247 g/mol. The van der Waals surface area contributed by atoms with Crippen LogP contribution >= 0.6 is 0 Å². The van der Waals surface area contributed by atoms with Gasteiger partial charge in [0.2, 0.25) is 5.91 Å². The average Bonchev–Trinajstić information content (AvgIpc) is 2.41. The summed E-state index contributed by atoms with van der Waals surface area (Å²) in [5.41, 5.74) is 1.10. The van der Waals surface area contributed by atoms with Crippen LogP contribution in [-0.2, 0) is 11.3 Å². The number of hydrogen-bond donors (Lipinski definition) is 1. The van der Waals surface area contributed by atoms with Crippen LogP contribution in [0, 0.1) is 0 Å². The molecule has 1 aliphatic rings. The van der Waals surface area contributed by atoms with Crippen molar-refractivity contribution in [1.29, 1.82) is 0 Å². The van der Waals surface area contributed by atoms with Crippen molar-refractivity contribution in [1.82, 2.24) is 15.2 Å². The lowest BCUT2D eigenvalue weighted by atomic mass is 10.0. The zero-order valence-corrected chi connectivity index (χ0v) is 10.9. The average molecular weight is 247 g/mol. The number of piperidine rings is 1. The molecule has 0 bridgehead atoms. The molecule has 0 aromatic carbocycles. The van der Waals surface area contributed by atoms with E-state index in [0.29, 0.717) is 6.54 Å². The number of hydrogen-bond acceptors (Lipinski definition) is 3. The lowest BCUT2D eigenvalue weighted by Gasteiger charge is -2.32. The minimum atomic E-state index is 0.00960. The maximum absolute atomic E-state index is 12.3. The van der Waals surface area contributed by atoms with E-state index >= 15 is 0 Å². The lowest BCUT2D eigenvalue weighted by molar-refractivity contribution is -0.136. The van der Waals surface area contributed by atoms with Crippen LogP contribution in [0.2, 0.25) is 0 Å². The fraction of sp³-hybridized carbons (Fsp3) is 0.571. The van der Waals surface area contributed by atoms with Gasteiger partial charge < -0.3 is 10.2 Å². The second-order valence-corrected chi connectivity index (χ2v) is 4.77. The first-order chi connectivity index (χ1) is 8.81. The highest BCUT2D eigenvalue weighted by molar-refractivity contribution is 5.82. The fourth-order valence-electron chi connectivity index (χ4n) is 2.32. The molecule has 1 fully saturated rings. The van der Waals surface area contributed by atoms with Crippen molar-refractivity contribution in [2.75, 3.05) is 13.1 Å². The highest BCUT2D eigenvalue weighted by Crippen LogP contribution is 2.14. The normalized spacial score (nSPS) is 20.2. The molecule has 1 amide bonds. The van der Waals surface area contributed by atoms with Gasteiger partial charge in [-0.25, -0.2) is 0 Å². The van der Waals surface area contributed by atoms with Crippen LogP contribution in [-0.4, -0.2) is 34.9 Å². The summed E-state index contributed by atoms with van der Waals surface area (Å²) in [5.74, 6) is 0.235. The number of likely N-dealkylation sites (tertiary alicyclic amines) is 1. The van der Waals surface area contributed by atoms with Gasteiger partial charge in [0.25, 0.3) is 0 Å². The summed E-state index contributed by atoms with van der Waals surface area (Å²) in [4.78, 5) is 18.3. The zero-order valence-electron chi connectivity index (χ0n) is 10.9. The molecule has 0 aliphatic carbocycles. The molecule has 4 heteroatoms. The number of pyridine rings is 1. The summed E-state index contributed by atoms with van der Waals surface area (Å²) < 4.78 is 0. The Bertz CT molecular complexity index is 380. The van der Waals surface area contributed by atoms with Gasteiger partial charge in [-0.15, -0.1) is 0 Å². The van der Waals surface area contributed by atoms with Crippen molar-refractivity contribution in [2.24, 2.45) is 0 Å². The van der Waals surface area contributed by atoms with Gasteiger partial charge in [-0.1, -0.05) is 13.0 Å². The zero-order chi connectivity index (χ0) is 12.8. The van der Waals surface area contributed by atoms with E-state index in [9.17, 15) is 4.79 Å². The minimum absolute atomic E-state index is 0.00960. The molecule has 1 aliphatic heterocycles. The SMILES string of the molecule is CCCNC1CCCN(Cc2cccnc2)C1=O. The van der Waals surface area contributed by atoms with Gasteiger partial charge >= 0.3 is 0 Å². The van der Waals surface area contributed by atoms with Gasteiger partial charge in [0.1, 0.15) is 0 Å². The molecule has 4 nitrogen and oxygen atoms in total. The van der Waals surface area contributed by atoms with E-state index in [2.05, 4.69) is 17.2 Å². The second-order valence-electron chi connectivity index (χ2n) is 4.77. The molecule has 0 saturated carbocycles. The van der Waals surface area contributed by atoms with Gasteiger partial charge in [0.15, 0.2) is 0 Å². The molecule has 18 heavy (non-hydrogen) atoms. The van der Waals surface area contributed by atoms with Crippen molar-refractivity contribution in [3.05, 3.63) is 30.1 Å². The Balaban J connectivity index is 1.94.